The smallest absolute Gasteiger partial charge is 0.328 e. The summed E-state index contributed by atoms with van der Waals surface area (Å²) in [6.07, 6.45) is 5.94. The van der Waals surface area contributed by atoms with Gasteiger partial charge in [-0.15, -0.1) is 0 Å². The first-order valence-corrected chi connectivity index (χ1v) is 12.4. The Morgan fingerprint density at radius 2 is 1.28 bits per heavy atom. The van der Waals surface area contributed by atoms with Gasteiger partial charge in [-0.1, -0.05) is 48.0 Å². The summed E-state index contributed by atoms with van der Waals surface area (Å²) in [6, 6.07) is 20.2. The molecule has 0 spiro atoms. The van der Waals surface area contributed by atoms with Gasteiger partial charge in [0.25, 0.3) is 5.91 Å². The lowest BCUT2D eigenvalue weighted by Crippen LogP contribution is -2.35. The third-order valence-electron chi connectivity index (χ3n) is 6.58. The molecule has 0 radical (unpaired) electrons. The number of nitrogens with one attached hydrogen (secondary N) is 1. The molecule has 2 saturated heterocycles. The zero-order valence-corrected chi connectivity index (χ0v) is 20.8. The number of hydrogen-bond donors (Lipinski definition) is 3. The predicted molar refractivity (Wildman–Crippen MR) is 140 cm³/mol. The van der Waals surface area contributed by atoms with Crippen LogP contribution in [0, 0.1) is 0 Å². The minimum Gasteiger partial charge on any atom is -0.478 e. The van der Waals surface area contributed by atoms with E-state index in [0.717, 1.165) is 31.5 Å². The van der Waals surface area contributed by atoms with Crippen LogP contribution in [0.3, 0.4) is 0 Å². The van der Waals surface area contributed by atoms with Crippen molar-refractivity contribution in [1.29, 1.82) is 0 Å². The number of nitrogens with zero attached hydrogens (tertiary/aromatic N) is 1. The molecule has 0 saturated carbocycles. The van der Waals surface area contributed by atoms with Gasteiger partial charge in [-0.25, -0.2) is 9.59 Å². The van der Waals surface area contributed by atoms with Gasteiger partial charge in [-0.05, 0) is 68.4 Å². The van der Waals surface area contributed by atoms with Crippen LogP contribution >= 0.6 is 0 Å². The molecule has 2 aliphatic heterocycles. The quantitative estimate of drug-likeness (QED) is 0.490. The Morgan fingerprint density at radius 3 is 1.75 bits per heavy atom. The maximum atomic E-state index is 12.7. The Balaban J connectivity index is 0.000000392. The van der Waals surface area contributed by atoms with Crippen LogP contribution in [-0.4, -0.2) is 58.1 Å². The Bertz CT molecular complexity index is 1090. The molecule has 0 unspecified atom stereocenters. The van der Waals surface area contributed by atoms with E-state index in [1.54, 1.807) is 5.57 Å². The second-order valence-electron chi connectivity index (χ2n) is 8.96. The maximum absolute atomic E-state index is 12.7. The van der Waals surface area contributed by atoms with Gasteiger partial charge in [0.1, 0.15) is 0 Å². The van der Waals surface area contributed by atoms with E-state index in [9.17, 15) is 14.4 Å². The fraction of sp³-hybridized carbons (Fsp3) is 0.345. The normalized spacial score (nSPS) is 19.8. The van der Waals surface area contributed by atoms with Crippen LogP contribution in [0.25, 0.3) is 5.57 Å². The van der Waals surface area contributed by atoms with Crippen molar-refractivity contribution in [2.75, 3.05) is 13.1 Å². The zero-order chi connectivity index (χ0) is 26.1. The maximum Gasteiger partial charge on any atom is 0.328 e. The van der Waals surface area contributed by atoms with Crippen LogP contribution in [0.2, 0.25) is 0 Å². The number of fused-ring (bicyclic) bond motifs is 2. The molecule has 36 heavy (non-hydrogen) atoms. The fourth-order valence-electron chi connectivity index (χ4n) is 4.90. The molecule has 0 aromatic heterocycles. The molecule has 2 fully saturated rings. The van der Waals surface area contributed by atoms with Gasteiger partial charge in [0.15, 0.2) is 0 Å². The Hall–Kier alpha value is -3.71. The first kappa shape index (κ1) is 26.9. The molecule has 190 valence electrons. The summed E-state index contributed by atoms with van der Waals surface area (Å²) in [4.78, 5) is 33.6. The largest absolute Gasteiger partial charge is 0.478 e. The highest BCUT2D eigenvalue weighted by Crippen LogP contribution is 2.38. The molecule has 2 heterocycles. The third kappa shape index (κ3) is 7.15. The molecule has 4 rings (SSSR count). The number of carbonyl (C=O) groups is 3. The molecule has 1 amide bonds. The molecule has 7 nitrogen and oxygen atoms in total. The third-order valence-corrected chi connectivity index (χ3v) is 6.58. The summed E-state index contributed by atoms with van der Waals surface area (Å²) >= 11 is 0. The first-order chi connectivity index (χ1) is 17.3. The predicted octanol–water partition coefficient (Wildman–Crippen LogP) is 4.60. The standard InChI is InChI=1S/C25H30N2O.C4H4O4/c1-3-27(4-2)25(28)20-12-10-19(11-13-20)24(18-8-6-5-7-9-18)21-16-22-14-15-23(17-21)26-22;5-3(6)1-2-4(7)8/h5-13,22-23,26H,3-4,14-17H2,1-2H3;1-2H,(H,5,6)(H,7,8)/b24-21-;2-1+/t22-,23+;/m0./s1. The van der Waals surface area contributed by atoms with Crippen molar-refractivity contribution in [2.24, 2.45) is 0 Å². The highest BCUT2D eigenvalue weighted by Gasteiger charge is 2.32. The van der Waals surface area contributed by atoms with Gasteiger partial charge >= 0.3 is 11.9 Å². The number of aliphatic carboxylic acids is 2. The fourth-order valence-corrected chi connectivity index (χ4v) is 4.90. The van der Waals surface area contributed by atoms with Crippen molar-refractivity contribution in [3.05, 3.63) is 89.0 Å². The number of carboxylic acids is 2. The lowest BCUT2D eigenvalue weighted by molar-refractivity contribution is -0.134. The van der Waals surface area contributed by atoms with Gasteiger partial charge in [0.05, 0.1) is 0 Å². The molecule has 2 atom stereocenters. The second-order valence-corrected chi connectivity index (χ2v) is 8.96. The van der Waals surface area contributed by atoms with Gasteiger partial charge < -0.3 is 20.4 Å². The van der Waals surface area contributed by atoms with E-state index >= 15 is 0 Å². The van der Waals surface area contributed by atoms with Crippen LogP contribution in [0.15, 0.2) is 72.3 Å². The van der Waals surface area contributed by atoms with E-state index in [4.69, 9.17) is 10.2 Å². The Morgan fingerprint density at radius 1 is 0.806 bits per heavy atom. The molecule has 2 aliphatic rings. The van der Waals surface area contributed by atoms with Gasteiger partial charge in [0.2, 0.25) is 0 Å². The van der Waals surface area contributed by atoms with Crippen LogP contribution in [0.4, 0.5) is 0 Å². The van der Waals surface area contributed by atoms with Gasteiger partial charge in [0, 0.05) is 42.9 Å². The highest BCUT2D eigenvalue weighted by atomic mass is 16.4. The summed E-state index contributed by atoms with van der Waals surface area (Å²) in [7, 11) is 0. The molecular formula is C29H34N2O5. The number of carbonyl (C=O) groups excluding carboxylic acids is 1. The van der Waals surface area contributed by atoms with Crippen molar-refractivity contribution in [3.63, 3.8) is 0 Å². The molecule has 7 heteroatoms. The Labute approximate surface area is 212 Å². The van der Waals surface area contributed by atoms with Gasteiger partial charge in [-0.2, -0.15) is 0 Å². The van der Waals surface area contributed by atoms with Crippen molar-refractivity contribution < 1.29 is 24.6 Å². The highest BCUT2D eigenvalue weighted by molar-refractivity contribution is 5.95. The Kier molecular flexibility index (Phi) is 9.59. The number of piperidine rings is 1. The minimum atomic E-state index is -1.26. The van der Waals surface area contributed by atoms with E-state index in [1.165, 1.54) is 29.5 Å². The van der Waals surface area contributed by atoms with Crippen LogP contribution < -0.4 is 5.32 Å². The van der Waals surface area contributed by atoms with Crippen molar-refractivity contribution in [2.45, 2.75) is 51.6 Å². The second kappa shape index (κ2) is 12.8. The summed E-state index contributed by atoms with van der Waals surface area (Å²) in [5.74, 6) is -2.40. The number of rotatable bonds is 7. The van der Waals surface area contributed by atoms with E-state index in [2.05, 4.69) is 47.8 Å². The molecule has 2 bridgehead atoms. The van der Waals surface area contributed by atoms with E-state index in [-0.39, 0.29) is 5.91 Å². The summed E-state index contributed by atoms with van der Waals surface area (Å²) in [5.41, 5.74) is 6.19. The number of carboxylic acid groups (broad SMARTS) is 2. The van der Waals surface area contributed by atoms with Gasteiger partial charge in [-0.3, -0.25) is 4.79 Å². The van der Waals surface area contributed by atoms with E-state index < -0.39 is 11.9 Å². The first-order valence-electron chi connectivity index (χ1n) is 12.4. The average Bonchev–Trinajstić information content (AvgIpc) is 3.22. The summed E-state index contributed by atoms with van der Waals surface area (Å²) in [5, 5.41) is 19.4. The lowest BCUT2D eigenvalue weighted by atomic mass is 9.86. The summed E-state index contributed by atoms with van der Waals surface area (Å²) < 4.78 is 0. The zero-order valence-electron chi connectivity index (χ0n) is 20.8. The molecule has 0 aliphatic carbocycles. The van der Waals surface area contributed by atoms with Crippen LogP contribution in [0.1, 0.15) is 61.0 Å². The molecule has 3 N–H and O–H groups in total. The molecular weight excluding hydrogens is 456 g/mol. The van der Waals surface area contributed by atoms with E-state index in [0.29, 0.717) is 24.2 Å². The topological polar surface area (TPSA) is 107 Å². The number of benzene rings is 2. The minimum absolute atomic E-state index is 0.116. The van der Waals surface area contributed by atoms with Crippen LogP contribution in [0.5, 0.6) is 0 Å². The number of hydrogen-bond acceptors (Lipinski definition) is 4. The number of amides is 1. The SMILES string of the molecule is CCN(CC)C(=O)c1ccc(/C(=C2\C[C@H]3CC[C@@H](C2)N3)c2ccccc2)cc1.O=C(O)/C=C/C(=O)O. The van der Waals surface area contributed by atoms with Crippen molar-refractivity contribution in [3.8, 4) is 0 Å². The van der Waals surface area contributed by atoms with Crippen molar-refractivity contribution >= 4 is 23.4 Å². The molecule has 2 aromatic carbocycles. The van der Waals surface area contributed by atoms with Crippen molar-refractivity contribution in [1.82, 2.24) is 10.2 Å². The summed E-state index contributed by atoms with van der Waals surface area (Å²) in [6.45, 7) is 5.54. The lowest BCUT2D eigenvalue weighted by Gasteiger charge is -2.27. The molecule has 2 aromatic rings. The monoisotopic (exact) mass is 490 g/mol. The van der Waals surface area contributed by atoms with E-state index in [1.807, 2.05) is 30.9 Å². The van der Waals surface area contributed by atoms with Crippen LogP contribution in [-0.2, 0) is 9.59 Å². The average molecular weight is 491 g/mol.